The molecule has 0 radical (unpaired) electrons. The number of anilines is 1. The summed E-state index contributed by atoms with van der Waals surface area (Å²) in [5.41, 5.74) is 3.02. The molecule has 5 rings (SSSR count). The Morgan fingerprint density at radius 1 is 1.00 bits per heavy atom. The zero-order chi connectivity index (χ0) is 23.0. The van der Waals surface area contributed by atoms with Crippen LogP contribution in [-0.4, -0.2) is 32.3 Å². The number of nitrogens with one attached hydrogen (secondary N) is 1. The summed E-state index contributed by atoms with van der Waals surface area (Å²) >= 11 is 0. The van der Waals surface area contributed by atoms with Gasteiger partial charge in [-0.2, -0.15) is 4.31 Å². The van der Waals surface area contributed by atoms with Crippen molar-refractivity contribution in [2.24, 2.45) is 0 Å². The van der Waals surface area contributed by atoms with Crippen LogP contribution in [0.1, 0.15) is 21.7 Å². The number of rotatable bonds is 5. The summed E-state index contributed by atoms with van der Waals surface area (Å²) in [7, 11) is -2.04. The number of hydrogen-bond acceptors (Lipinski definition) is 5. The molecule has 2 heterocycles. The predicted octanol–water partition coefficient (Wildman–Crippen LogP) is 4.44. The second-order valence-electron chi connectivity index (χ2n) is 7.83. The van der Waals surface area contributed by atoms with Gasteiger partial charge in [-0.05, 0) is 53.9 Å². The van der Waals surface area contributed by atoms with Crippen LogP contribution in [0.25, 0.3) is 11.0 Å². The van der Waals surface area contributed by atoms with E-state index in [-0.39, 0.29) is 17.2 Å². The third-order valence-corrected chi connectivity index (χ3v) is 7.63. The Balaban J connectivity index is 1.37. The molecule has 4 aromatic rings. The van der Waals surface area contributed by atoms with Gasteiger partial charge in [-0.1, -0.05) is 36.4 Å². The summed E-state index contributed by atoms with van der Waals surface area (Å²) in [4.78, 5) is 13.1. The predicted molar refractivity (Wildman–Crippen MR) is 125 cm³/mol. The molecule has 0 bridgehead atoms. The summed E-state index contributed by atoms with van der Waals surface area (Å²) in [6.07, 6.45) is 0.610. The van der Waals surface area contributed by atoms with Gasteiger partial charge in [-0.25, -0.2) is 8.42 Å². The minimum Gasteiger partial charge on any atom is -0.493 e. The SMILES string of the molecule is COc1cccc2cc(C(=O)Nc3ccc4c(c3)CN(S(=O)(=O)c3ccccc3)CC4)oc12. The lowest BCUT2D eigenvalue weighted by molar-refractivity contribution is 0.0998. The molecular weight excluding hydrogens is 440 g/mol. The van der Waals surface area contributed by atoms with Gasteiger partial charge in [-0.15, -0.1) is 0 Å². The van der Waals surface area contributed by atoms with E-state index in [4.69, 9.17) is 9.15 Å². The van der Waals surface area contributed by atoms with Gasteiger partial charge in [-0.3, -0.25) is 4.79 Å². The Morgan fingerprint density at radius 3 is 2.61 bits per heavy atom. The number of carbonyl (C=O) groups excluding carboxylic acids is 1. The number of para-hydroxylation sites is 1. The highest BCUT2D eigenvalue weighted by atomic mass is 32.2. The Labute approximate surface area is 191 Å². The topological polar surface area (TPSA) is 88.9 Å². The van der Waals surface area contributed by atoms with Gasteiger partial charge in [0.1, 0.15) is 0 Å². The summed E-state index contributed by atoms with van der Waals surface area (Å²) in [5, 5.41) is 3.62. The number of sulfonamides is 1. The monoisotopic (exact) mass is 462 g/mol. The van der Waals surface area contributed by atoms with Gasteiger partial charge in [0.2, 0.25) is 10.0 Å². The second-order valence-corrected chi connectivity index (χ2v) is 9.77. The zero-order valence-electron chi connectivity index (χ0n) is 17.9. The van der Waals surface area contributed by atoms with Gasteiger partial charge >= 0.3 is 0 Å². The normalized spacial score (nSPS) is 14.1. The fraction of sp³-hybridized carbons (Fsp3) is 0.160. The van der Waals surface area contributed by atoms with Crippen molar-refractivity contribution < 1.29 is 22.4 Å². The lowest BCUT2D eigenvalue weighted by Gasteiger charge is -2.28. The molecule has 33 heavy (non-hydrogen) atoms. The summed E-state index contributed by atoms with van der Waals surface area (Å²) in [5.74, 6) is 0.332. The number of fused-ring (bicyclic) bond motifs is 2. The van der Waals surface area contributed by atoms with Crippen LogP contribution in [0.3, 0.4) is 0 Å². The molecule has 0 aliphatic carbocycles. The van der Waals surface area contributed by atoms with E-state index >= 15 is 0 Å². The lowest BCUT2D eigenvalue weighted by Crippen LogP contribution is -2.36. The van der Waals surface area contributed by atoms with Crippen molar-refractivity contribution in [3.8, 4) is 5.75 Å². The number of amides is 1. The van der Waals surface area contributed by atoms with Crippen molar-refractivity contribution in [2.75, 3.05) is 19.0 Å². The molecule has 3 aromatic carbocycles. The largest absolute Gasteiger partial charge is 0.493 e. The first-order valence-corrected chi connectivity index (χ1v) is 11.9. The first-order chi connectivity index (χ1) is 16.0. The number of methoxy groups -OCH3 is 1. The minimum absolute atomic E-state index is 0.167. The Morgan fingerprint density at radius 2 is 1.82 bits per heavy atom. The quantitative estimate of drug-likeness (QED) is 0.474. The van der Waals surface area contributed by atoms with Crippen molar-refractivity contribution in [3.05, 3.63) is 89.7 Å². The zero-order valence-corrected chi connectivity index (χ0v) is 18.8. The molecule has 0 fully saturated rings. The molecule has 0 unspecified atom stereocenters. The van der Waals surface area contributed by atoms with Gasteiger partial charge in [0.25, 0.3) is 5.91 Å². The van der Waals surface area contributed by atoms with E-state index in [1.54, 1.807) is 49.6 Å². The standard InChI is InChI=1S/C25H22N2O5S/c1-31-22-9-5-6-18-15-23(32-24(18)22)25(28)26-20-11-10-17-12-13-27(16-19(17)14-20)33(29,30)21-7-3-2-4-8-21/h2-11,14-15H,12-13,16H2,1H3,(H,26,28). The van der Waals surface area contributed by atoms with Crippen LogP contribution in [-0.2, 0) is 23.0 Å². The fourth-order valence-corrected chi connectivity index (χ4v) is 5.50. The van der Waals surface area contributed by atoms with Gasteiger partial charge in [0.05, 0.1) is 12.0 Å². The van der Waals surface area contributed by atoms with Gasteiger partial charge < -0.3 is 14.5 Å². The maximum absolute atomic E-state index is 13.0. The Hall–Kier alpha value is -3.62. The first kappa shape index (κ1) is 21.2. The van der Waals surface area contributed by atoms with E-state index in [2.05, 4.69) is 5.32 Å². The maximum Gasteiger partial charge on any atom is 0.291 e. The van der Waals surface area contributed by atoms with Crippen LogP contribution in [0.2, 0.25) is 0 Å². The van der Waals surface area contributed by atoms with Gasteiger partial charge in [0, 0.05) is 24.2 Å². The van der Waals surface area contributed by atoms with Crippen LogP contribution >= 0.6 is 0 Å². The molecule has 0 saturated heterocycles. The highest BCUT2D eigenvalue weighted by Gasteiger charge is 2.28. The highest BCUT2D eigenvalue weighted by molar-refractivity contribution is 7.89. The van der Waals surface area contributed by atoms with E-state index in [0.29, 0.717) is 30.0 Å². The van der Waals surface area contributed by atoms with Crippen molar-refractivity contribution in [2.45, 2.75) is 17.9 Å². The van der Waals surface area contributed by atoms with Crippen molar-refractivity contribution in [1.29, 1.82) is 0 Å². The molecule has 8 heteroatoms. The third-order valence-electron chi connectivity index (χ3n) is 5.77. The average Bonchev–Trinajstić information content (AvgIpc) is 3.29. The number of carbonyl (C=O) groups is 1. The van der Waals surface area contributed by atoms with Crippen LogP contribution in [0.5, 0.6) is 5.75 Å². The maximum atomic E-state index is 13.0. The highest BCUT2D eigenvalue weighted by Crippen LogP contribution is 2.30. The molecular formula is C25H22N2O5S. The van der Waals surface area contributed by atoms with Crippen molar-refractivity contribution >= 4 is 32.6 Å². The Bertz CT molecular complexity index is 1440. The average molecular weight is 463 g/mol. The first-order valence-electron chi connectivity index (χ1n) is 10.5. The lowest BCUT2D eigenvalue weighted by atomic mass is 10.0. The van der Waals surface area contributed by atoms with Crippen LogP contribution < -0.4 is 10.1 Å². The van der Waals surface area contributed by atoms with Crippen molar-refractivity contribution in [3.63, 3.8) is 0 Å². The molecule has 7 nitrogen and oxygen atoms in total. The fourth-order valence-electron chi connectivity index (χ4n) is 4.06. The number of hydrogen-bond donors (Lipinski definition) is 1. The number of nitrogens with zero attached hydrogens (tertiary/aromatic N) is 1. The number of ether oxygens (including phenoxy) is 1. The van der Waals surface area contributed by atoms with E-state index in [9.17, 15) is 13.2 Å². The van der Waals surface area contributed by atoms with Crippen molar-refractivity contribution in [1.82, 2.24) is 4.31 Å². The number of furan rings is 1. The van der Waals surface area contributed by atoms with E-state index < -0.39 is 15.9 Å². The minimum atomic E-state index is -3.59. The van der Waals surface area contributed by atoms with Gasteiger partial charge in [0.15, 0.2) is 17.1 Å². The Kier molecular flexibility index (Phi) is 5.39. The number of benzene rings is 3. The summed E-state index contributed by atoms with van der Waals surface area (Å²) < 4.78 is 38.5. The molecule has 0 saturated carbocycles. The molecule has 1 aliphatic heterocycles. The van der Waals surface area contributed by atoms with Crippen LogP contribution in [0, 0.1) is 0 Å². The summed E-state index contributed by atoms with van der Waals surface area (Å²) in [6, 6.07) is 21.1. The molecule has 0 spiro atoms. The van der Waals surface area contributed by atoms with Crippen LogP contribution in [0.15, 0.2) is 82.1 Å². The molecule has 1 aliphatic rings. The molecule has 1 aromatic heterocycles. The molecule has 0 atom stereocenters. The van der Waals surface area contributed by atoms with E-state index in [0.717, 1.165) is 16.5 Å². The van der Waals surface area contributed by atoms with Crippen LogP contribution in [0.4, 0.5) is 5.69 Å². The second kappa shape index (κ2) is 8.38. The molecule has 1 amide bonds. The summed E-state index contributed by atoms with van der Waals surface area (Å²) in [6.45, 7) is 0.662. The molecule has 168 valence electrons. The third kappa shape index (κ3) is 3.99. The molecule has 1 N–H and O–H groups in total. The van der Waals surface area contributed by atoms with E-state index in [1.165, 1.54) is 4.31 Å². The van der Waals surface area contributed by atoms with E-state index in [1.807, 2.05) is 30.3 Å². The smallest absolute Gasteiger partial charge is 0.291 e.